The fourth-order valence-electron chi connectivity index (χ4n) is 8.30. The minimum atomic E-state index is 0. The monoisotopic (exact) mass is 763 g/mol. The molecule has 0 spiro atoms. The Hall–Kier alpha value is -2.99. The molecule has 6 rings (SSSR count). The van der Waals surface area contributed by atoms with Crippen LogP contribution in [0.5, 0.6) is 0 Å². The standard InChI is InChI=1S/C52H68N4.2Li/c1-3-5-7-9-11-13-15-17-19-21-27-43-33-37-45(38-34-43)41-55-49-31-25-23-29-47(49)53-51(55)52-54-48-30-24-26-32-50(48)56(52)42-46-39-35-44(36-40-46)28-22-20-18-16-14-12-10-8-6-4-2;;/h23-26,31-40H,3-22,27-28,41-42H2,1-2H3;;/q-2;2*+1. The van der Waals surface area contributed by atoms with Crippen LogP contribution in [-0.4, -0.2) is 19.1 Å². The fraction of sp³-hybridized carbons (Fsp3) is 0.500. The van der Waals surface area contributed by atoms with Gasteiger partial charge in [-0.25, -0.2) is 0 Å². The van der Waals surface area contributed by atoms with Gasteiger partial charge in [0.05, 0.1) is 0 Å². The van der Waals surface area contributed by atoms with Gasteiger partial charge < -0.3 is 9.13 Å². The maximum atomic E-state index is 5.18. The second-order valence-corrected chi connectivity index (χ2v) is 16.3. The zero-order chi connectivity index (χ0) is 38.6. The molecule has 0 aliphatic carbocycles. The van der Waals surface area contributed by atoms with Crippen molar-refractivity contribution in [2.75, 3.05) is 0 Å². The van der Waals surface area contributed by atoms with Gasteiger partial charge in [0.1, 0.15) is 0 Å². The van der Waals surface area contributed by atoms with E-state index in [1.807, 2.05) is 12.1 Å². The van der Waals surface area contributed by atoms with Crippen molar-refractivity contribution in [2.45, 2.75) is 168 Å². The normalized spacial score (nSPS) is 11.3. The first kappa shape index (κ1) is 47.7. The van der Waals surface area contributed by atoms with Gasteiger partial charge in [0.25, 0.3) is 0 Å². The number of unbranched alkanes of at least 4 members (excludes halogenated alkanes) is 18. The van der Waals surface area contributed by atoms with Crippen LogP contribution in [0.4, 0.5) is 0 Å². The van der Waals surface area contributed by atoms with E-state index < -0.39 is 0 Å². The molecule has 0 saturated carbocycles. The molecule has 298 valence electrons. The van der Waals surface area contributed by atoms with Gasteiger partial charge in [0.2, 0.25) is 0 Å². The second-order valence-electron chi connectivity index (χ2n) is 16.3. The van der Waals surface area contributed by atoms with Gasteiger partial charge in [-0.1, -0.05) is 178 Å². The zero-order valence-electron chi connectivity index (χ0n) is 36.8. The molecule has 0 radical (unpaired) electrons. The Morgan fingerprint density at radius 1 is 0.397 bits per heavy atom. The molecule has 0 unspecified atom stereocenters. The van der Waals surface area contributed by atoms with Crippen LogP contribution in [0.15, 0.2) is 84.9 Å². The molecule has 2 aromatic heterocycles. The van der Waals surface area contributed by atoms with E-state index in [-0.39, 0.29) is 37.7 Å². The van der Waals surface area contributed by atoms with Crippen molar-refractivity contribution >= 4 is 22.1 Å². The third kappa shape index (κ3) is 14.6. The number of benzene rings is 4. The van der Waals surface area contributed by atoms with Crippen molar-refractivity contribution in [1.29, 1.82) is 0 Å². The van der Waals surface area contributed by atoms with Gasteiger partial charge in [0, 0.05) is 13.1 Å². The summed E-state index contributed by atoms with van der Waals surface area (Å²) in [6, 6.07) is 37.7. The Bertz CT molecular complexity index is 1850. The van der Waals surface area contributed by atoms with Crippen molar-refractivity contribution in [3.63, 3.8) is 0 Å². The summed E-state index contributed by atoms with van der Waals surface area (Å²) in [5.41, 5.74) is 9.32. The van der Waals surface area contributed by atoms with Crippen molar-refractivity contribution < 1.29 is 37.7 Å². The molecule has 4 aromatic carbocycles. The van der Waals surface area contributed by atoms with Crippen molar-refractivity contribution in [3.8, 4) is 11.6 Å². The van der Waals surface area contributed by atoms with Crippen LogP contribution in [0, 0.1) is 12.1 Å². The largest absolute Gasteiger partial charge is 1.00 e. The summed E-state index contributed by atoms with van der Waals surface area (Å²) in [7, 11) is 0. The first-order valence-corrected chi connectivity index (χ1v) is 22.6. The smallest absolute Gasteiger partial charge is 0.371 e. The van der Waals surface area contributed by atoms with Gasteiger partial charge in [-0.15, -0.1) is 12.1 Å². The Morgan fingerprint density at radius 2 is 0.707 bits per heavy atom. The number of aryl methyl sites for hydroxylation is 2. The van der Waals surface area contributed by atoms with E-state index in [4.69, 9.17) is 9.97 Å². The van der Waals surface area contributed by atoms with E-state index >= 15 is 0 Å². The molecule has 2 heterocycles. The third-order valence-electron chi connectivity index (χ3n) is 11.7. The summed E-state index contributed by atoms with van der Waals surface area (Å²) >= 11 is 0. The number of hydrogen-bond donors (Lipinski definition) is 0. The number of hydrogen-bond acceptors (Lipinski definition) is 2. The molecular formula is C52H68Li2N4. The summed E-state index contributed by atoms with van der Waals surface area (Å²) in [5.74, 6) is 1.75. The molecule has 0 amide bonds. The molecule has 0 aliphatic heterocycles. The van der Waals surface area contributed by atoms with Gasteiger partial charge in [0.15, 0.2) is 11.6 Å². The van der Waals surface area contributed by atoms with E-state index in [1.54, 1.807) is 0 Å². The zero-order valence-corrected chi connectivity index (χ0v) is 36.8. The number of fused-ring (bicyclic) bond motifs is 2. The Morgan fingerprint density at radius 3 is 1.05 bits per heavy atom. The summed E-state index contributed by atoms with van der Waals surface area (Å²) in [6.07, 6.45) is 29.8. The summed E-state index contributed by atoms with van der Waals surface area (Å²) < 4.78 is 4.66. The van der Waals surface area contributed by atoms with Crippen LogP contribution >= 0.6 is 0 Å². The fourth-order valence-corrected chi connectivity index (χ4v) is 8.30. The van der Waals surface area contributed by atoms with E-state index in [2.05, 4.69) is 108 Å². The summed E-state index contributed by atoms with van der Waals surface area (Å²) in [6.45, 7) is 6.04. The Kier molecular flexibility index (Phi) is 22.2. The number of nitrogens with zero attached hydrogens (tertiary/aromatic N) is 4. The molecule has 6 aromatic rings. The van der Waals surface area contributed by atoms with Gasteiger partial charge in [-0.05, 0) is 70.0 Å². The second kappa shape index (κ2) is 27.0. The van der Waals surface area contributed by atoms with Crippen LogP contribution < -0.4 is 37.7 Å². The van der Waals surface area contributed by atoms with Crippen LogP contribution in [0.2, 0.25) is 0 Å². The van der Waals surface area contributed by atoms with Crippen LogP contribution in [0.3, 0.4) is 0 Å². The number of rotatable bonds is 27. The molecule has 58 heavy (non-hydrogen) atoms. The van der Waals surface area contributed by atoms with Crippen LogP contribution in [0.1, 0.15) is 165 Å². The molecule has 0 atom stereocenters. The van der Waals surface area contributed by atoms with Crippen LogP contribution in [-0.2, 0) is 25.9 Å². The average molecular weight is 763 g/mol. The van der Waals surface area contributed by atoms with E-state index in [0.717, 1.165) is 59.6 Å². The number of aromatic nitrogens is 4. The predicted molar refractivity (Wildman–Crippen MR) is 238 cm³/mol. The Labute approximate surface area is 375 Å². The first-order chi connectivity index (χ1) is 27.7. The number of para-hydroxylation sites is 2. The molecule has 0 N–H and O–H groups in total. The minimum Gasteiger partial charge on any atom is -0.371 e. The molecule has 6 heteroatoms. The van der Waals surface area contributed by atoms with Gasteiger partial charge in [-0.3, -0.25) is 9.97 Å². The average Bonchev–Trinajstić information content (AvgIpc) is 3.78. The first-order valence-electron chi connectivity index (χ1n) is 22.6. The molecule has 4 nitrogen and oxygen atoms in total. The maximum Gasteiger partial charge on any atom is 1.00 e. The molecule has 0 fully saturated rings. The quantitative estimate of drug-likeness (QED) is 0.0299. The minimum absolute atomic E-state index is 0. The molecular weight excluding hydrogens is 694 g/mol. The summed E-state index contributed by atoms with van der Waals surface area (Å²) in [4.78, 5) is 10.4. The van der Waals surface area contributed by atoms with Gasteiger partial charge in [-0.2, -0.15) is 36.4 Å². The van der Waals surface area contributed by atoms with Crippen LogP contribution in [0.25, 0.3) is 33.7 Å². The van der Waals surface area contributed by atoms with E-state index in [1.165, 1.54) is 151 Å². The molecule has 0 saturated heterocycles. The third-order valence-corrected chi connectivity index (χ3v) is 11.7. The van der Waals surface area contributed by atoms with Crippen molar-refractivity contribution in [3.05, 3.63) is 119 Å². The van der Waals surface area contributed by atoms with Crippen molar-refractivity contribution in [1.82, 2.24) is 19.1 Å². The molecule has 0 aliphatic rings. The van der Waals surface area contributed by atoms with Gasteiger partial charge >= 0.3 is 37.7 Å². The topological polar surface area (TPSA) is 35.6 Å². The molecule has 0 bridgehead atoms. The maximum absolute atomic E-state index is 5.18. The predicted octanol–water partition coefficient (Wildman–Crippen LogP) is 8.68. The van der Waals surface area contributed by atoms with E-state index in [0.29, 0.717) is 0 Å². The van der Waals surface area contributed by atoms with Crippen molar-refractivity contribution in [2.24, 2.45) is 0 Å². The SMILES string of the molecule is CCCCCCCCCCCCc1ccc(Cn2c(-c3nc4[c-]cccc4n3Cc3ccc(CCCCCCCCCCCC)cc3)nc3[c-]cccc32)cc1.[Li+].[Li+]. The number of imidazole rings is 2. The van der Waals surface area contributed by atoms with E-state index in [9.17, 15) is 0 Å². The summed E-state index contributed by atoms with van der Waals surface area (Å²) in [5, 5.41) is 0. The Balaban J connectivity index is 0.00000372.